The highest BCUT2D eigenvalue weighted by Gasteiger charge is 2.40. The maximum absolute atomic E-state index is 12.6. The van der Waals surface area contributed by atoms with E-state index in [1.54, 1.807) is 4.90 Å². The van der Waals surface area contributed by atoms with Crippen molar-refractivity contribution >= 4 is 12.0 Å². The number of aliphatic carboxylic acids is 1. The average Bonchev–Trinajstić information content (AvgIpc) is 2.98. The molecule has 0 aromatic rings. The van der Waals surface area contributed by atoms with Gasteiger partial charge in [-0.3, -0.25) is 0 Å². The Morgan fingerprint density at radius 3 is 2.19 bits per heavy atom. The van der Waals surface area contributed by atoms with Gasteiger partial charge < -0.3 is 14.9 Å². The number of amides is 2. The Labute approximate surface area is 126 Å². The summed E-state index contributed by atoms with van der Waals surface area (Å²) in [6, 6.07) is -0.659. The molecule has 1 N–H and O–H groups in total. The third kappa shape index (κ3) is 2.87. The van der Waals surface area contributed by atoms with E-state index in [1.165, 1.54) is 32.1 Å². The molecule has 5 heteroatoms. The van der Waals surface area contributed by atoms with E-state index < -0.39 is 12.0 Å². The van der Waals surface area contributed by atoms with Crippen molar-refractivity contribution in [3.8, 4) is 0 Å². The zero-order valence-electron chi connectivity index (χ0n) is 12.7. The lowest BCUT2D eigenvalue weighted by Gasteiger charge is -2.45. The molecule has 5 nitrogen and oxygen atoms in total. The Morgan fingerprint density at radius 2 is 1.57 bits per heavy atom. The molecule has 3 rings (SSSR count). The van der Waals surface area contributed by atoms with Crippen molar-refractivity contribution in [3.05, 3.63) is 0 Å². The number of carboxylic acid groups (broad SMARTS) is 1. The molecule has 3 aliphatic rings. The minimum atomic E-state index is -0.860. The fourth-order valence-electron chi connectivity index (χ4n) is 4.41. The van der Waals surface area contributed by atoms with E-state index >= 15 is 0 Å². The number of rotatable bonds is 1. The Bertz CT molecular complexity index is 408. The lowest BCUT2D eigenvalue weighted by Crippen LogP contribution is -2.52. The lowest BCUT2D eigenvalue weighted by atomic mass is 9.68. The molecule has 21 heavy (non-hydrogen) atoms. The summed E-state index contributed by atoms with van der Waals surface area (Å²) in [6.07, 6.45) is 10.3. The minimum Gasteiger partial charge on any atom is -0.480 e. The third-order valence-electron chi connectivity index (χ3n) is 5.79. The lowest BCUT2D eigenvalue weighted by molar-refractivity contribution is -0.141. The Morgan fingerprint density at radius 1 is 0.905 bits per heavy atom. The number of carboxylic acids is 1. The van der Waals surface area contributed by atoms with Crippen LogP contribution in [-0.2, 0) is 4.79 Å². The van der Waals surface area contributed by atoms with Crippen molar-refractivity contribution in [1.29, 1.82) is 0 Å². The molecule has 1 spiro atoms. The van der Waals surface area contributed by atoms with Gasteiger partial charge in [-0.15, -0.1) is 0 Å². The number of piperidine rings is 1. The largest absolute Gasteiger partial charge is 0.480 e. The number of urea groups is 1. The normalized spacial score (nSPS) is 28.9. The molecular formula is C16H26N2O3. The topological polar surface area (TPSA) is 60.9 Å². The number of nitrogens with zero attached hydrogens (tertiary/aromatic N) is 2. The molecule has 2 amide bonds. The molecule has 1 aliphatic carbocycles. The van der Waals surface area contributed by atoms with Crippen molar-refractivity contribution in [2.24, 2.45) is 5.41 Å². The van der Waals surface area contributed by atoms with Crippen LogP contribution in [0.5, 0.6) is 0 Å². The Balaban J connectivity index is 1.58. The molecule has 2 heterocycles. The number of hydrogen-bond acceptors (Lipinski definition) is 2. The number of hydrogen-bond donors (Lipinski definition) is 1. The summed E-state index contributed by atoms with van der Waals surface area (Å²) in [5.41, 5.74) is 0.478. The molecule has 1 atom stereocenters. The molecule has 2 saturated heterocycles. The van der Waals surface area contributed by atoms with Crippen LogP contribution in [0.2, 0.25) is 0 Å². The molecule has 0 aromatic heterocycles. The van der Waals surface area contributed by atoms with Crippen LogP contribution in [0.1, 0.15) is 57.8 Å². The van der Waals surface area contributed by atoms with Crippen LogP contribution in [0.3, 0.4) is 0 Å². The standard InChI is InChI=1S/C16H26N2O3/c19-14(20)13-5-4-10-18(13)15(21)17-11-8-16(9-12-17)6-2-1-3-7-16/h13H,1-12H2,(H,19,20)/t13-/m1/s1. The summed E-state index contributed by atoms with van der Waals surface area (Å²) < 4.78 is 0. The van der Waals surface area contributed by atoms with Crippen molar-refractivity contribution < 1.29 is 14.7 Å². The van der Waals surface area contributed by atoms with Gasteiger partial charge in [-0.1, -0.05) is 19.3 Å². The molecule has 3 fully saturated rings. The second-order valence-electron chi connectivity index (χ2n) is 7.02. The van der Waals surface area contributed by atoms with Gasteiger partial charge >= 0.3 is 12.0 Å². The van der Waals surface area contributed by atoms with Crippen LogP contribution in [-0.4, -0.2) is 52.6 Å². The van der Waals surface area contributed by atoms with E-state index in [0.717, 1.165) is 32.4 Å². The van der Waals surface area contributed by atoms with E-state index in [4.69, 9.17) is 0 Å². The summed E-state index contributed by atoms with van der Waals surface area (Å²) >= 11 is 0. The number of likely N-dealkylation sites (tertiary alicyclic amines) is 2. The molecule has 0 unspecified atom stereocenters. The zero-order valence-corrected chi connectivity index (χ0v) is 12.7. The maximum atomic E-state index is 12.6. The van der Waals surface area contributed by atoms with Gasteiger partial charge in [0.1, 0.15) is 6.04 Å². The smallest absolute Gasteiger partial charge is 0.326 e. The van der Waals surface area contributed by atoms with Crippen LogP contribution >= 0.6 is 0 Å². The molecule has 0 aromatic carbocycles. The highest BCUT2D eigenvalue weighted by atomic mass is 16.4. The fraction of sp³-hybridized carbons (Fsp3) is 0.875. The summed E-state index contributed by atoms with van der Waals surface area (Å²) in [5, 5.41) is 9.22. The van der Waals surface area contributed by atoms with Crippen LogP contribution in [0.25, 0.3) is 0 Å². The molecule has 0 bridgehead atoms. The van der Waals surface area contributed by atoms with E-state index in [9.17, 15) is 14.7 Å². The summed E-state index contributed by atoms with van der Waals surface area (Å²) in [5.74, 6) is -0.860. The predicted molar refractivity (Wildman–Crippen MR) is 79.1 cm³/mol. The van der Waals surface area contributed by atoms with Gasteiger partial charge in [0.05, 0.1) is 0 Å². The SMILES string of the molecule is O=C(O)[C@H]1CCCN1C(=O)N1CCC2(CCCCC2)CC1. The zero-order chi connectivity index (χ0) is 14.9. The van der Waals surface area contributed by atoms with Crippen LogP contribution in [0.4, 0.5) is 4.79 Å². The first-order valence-electron chi connectivity index (χ1n) is 8.40. The quantitative estimate of drug-likeness (QED) is 0.809. The second kappa shape index (κ2) is 5.85. The highest BCUT2D eigenvalue weighted by Crippen LogP contribution is 2.44. The Hall–Kier alpha value is -1.26. The predicted octanol–water partition coefficient (Wildman–Crippen LogP) is 2.70. The number of carbonyl (C=O) groups is 2. The first-order chi connectivity index (χ1) is 10.1. The second-order valence-corrected chi connectivity index (χ2v) is 7.02. The monoisotopic (exact) mass is 294 g/mol. The summed E-state index contributed by atoms with van der Waals surface area (Å²) in [7, 11) is 0. The molecule has 118 valence electrons. The van der Waals surface area contributed by atoms with Crippen molar-refractivity contribution in [2.75, 3.05) is 19.6 Å². The molecular weight excluding hydrogens is 268 g/mol. The molecule has 1 saturated carbocycles. The first-order valence-corrected chi connectivity index (χ1v) is 8.40. The fourth-order valence-corrected chi connectivity index (χ4v) is 4.41. The third-order valence-corrected chi connectivity index (χ3v) is 5.79. The number of carbonyl (C=O) groups excluding carboxylic acids is 1. The summed E-state index contributed by atoms with van der Waals surface area (Å²) in [4.78, 5) is 27.3. The van der Waals surface area contributed by atoms with E-state index in [1.807, 2.05) is 4.90 Å². The van der Waals surface area contributed by atoms with Crippen LogP contribution < -0.4 is 0 Å². The van der Waals surface area contributed by atoms with Crippen LogP contribution in [0, 0.1) is 5.41 Å². The van der Waals surface area contributed by atoms with Gasteiger partial charge in [0.15, 0.2) is 0 Å². The van der Waals surface area contributed by atoms with E-state index in [-0.39, 0.29) is 6.03 Å². The van der Waals surface area contributed by atoms with Gasteiger partial charge in [0.2, 0.25) is 0 Å². The van der Waals surface area contributed by atoms with E-state index in [2.05, 4.69) is 0 Å². The van der Waals surface area contributed by atoms with Gasteiger partial charge in [-0.05, 0) is 43.9 Å². The van der Waals surface area contributed by atoms with Gasteiger partial charge in [0, 0.05) is 19.6 Å². The average molecular weight is 294 g/mol. The van der Waals surface area contributed by atoms with Crippen molar-refractivity contribution in [1.82, 2.24) is 9.80 Å². The van der Waals surface area contributed by atoms with Gasteiger partial charge in [-0.25, -0.2) is 9.59 Å². The summed E-state index contributed by atoms with van der Waals surface area (Å²) in [6.45, 7) is 2.21. The van der Waals surface area contributed by atoms with Crippen molar-refractivity contribution in [3.63, 3.8) is 0 Å². The van der Waals surface area contributed by atoms with Gasteiger partial charge in [0.25, 0.3) is 0 Å². The minimum absolute atomic E-state index is 0.0504. The van der Waals surface area contributed by atoms with E-state index in [0.29, 0.717) is 18.4 Å². The van der Waals surface area contributed by atoms with Crippen molar-refractivity contribution in [2.45, 2.75) is 63.8 Å². The Kier molecular flexibility index (Phi) is 4.09. The highest BCUT2D eigenvalue weighted by molar-refractivity contribution is 5.83. The maximum Gasteiger partial charge on any atom is 0.326 e. The van der Waals surface area contributed by atoms with Gasteiger partial charge in [-0.2, -0.15) is 0 Å². The first kappa shape index (κ1) is 14.7. The molecule has 0 radical (unpaired) electrons. The van der Waals surface area contributed by atoms with Crippen LogP contribution in [0.15, 0.2) is 0 Å². The molecule has 2 aliphatic heterocycles.